The van der Waals surface area contributed by atoms with Crippen molar-refractivity contribution < 1.29 is 9.53 Å². The smallest absolute Gasteiger partial charge is 0.257 e. The fourth-order valence-electron chi connectivity index (χ4n) is 2.56. The minimum Gasteiger partial charge on any atom is -0.484 e. The van der Waals surface area contributed by atoms with Crippen LogP contribution in [0.4, 0.5) is 0 Å². The van der Waals surface area contributed by atoms with Crippen molar-refractivity contribution in [2.24, 2.45) is 0 Å². The molecule has 1 N–H and O–H groups in total. The molecule has 3 aromatic rings. The van der Waals surface area contributed by atoms with Crippen LogP contribution in [-0.2, 0) is 11.2 Å². The Labute approximate surface area is 153 Å². The predicted molar refractivity (Wildman–Crippen MR) is 102 cm³/mol. The summed E-state index contributed by atoms with van der Waals surface area (Å²) in [6.07, 6.45) is 4.53. The Morgan fingerprint density at radius 2 is 1.92 bits per heavy atom. The van der Waals surface area contributed by atoms with Gasteiger partial charge in [-0.25, -0.2) is 4.68 Å². The van der Waals surface area contributed by atoms with Gasteiger partial charge in [0.25, 0.3) is 5.91 Å². The van der Waals surface area contributed by atoms with Crippen molar-refractivity contribution in [1.29, 1.82) is 0 Å². The van der Waals surface area contributed by atoms with Crippen LogP contribution in [0.15, 0.2) is 60.9 Å². The van der Waals surface area contributed by atoms with E-state index in [9.17, 15) is 4.79 Å². The molecule has 5 heteroatoms. The van der Waals surface area contributed by atoms with Crippen molar-refractivity contribution in [3.63, 3.8) is 0 Å². The Morgan fingerprint density at radius 3 is 2.69 bits per heavy atom. The van der Waals surface area contributed by atoms with Crippen LogP contribution in [0, 0.1) is 13.8 Å². The van der Waals surface area contributed by atoms with Gasteiger partial charge in [0.05, 0.1) is 11.9 Å². The molecular formula is C21H23N3O2. The Hall–Kier alpha value is -3.08. The lowest BCUT2D eigenvalue weighted by Crippen LogP contribution is -2.30. The maximum atomic E-state index is 11.9. The number of hydrogen-bond donors (Lipinski definition) is 1. The average Bonchev–Trinajstić information content (AvgIpc) is 3.12. The van der Waals surface area contributed by atoms with E-state index in [2.05, 4.69) is 10.4 Å². The monoisotopic (exact) mass is 349 g/mol. The second-order valence-corrected chi connectivity index (χ2v) is 6.26. The van der Waals surface area contributed by atoms with Crippen molar-refractivity contribution in [3.8, 4) is 11.4 Å². The molecule has 0 atom stereocenters. The number of aromatic nitrogens is 2. The van der Waals surface area contributed by atoms with Crippen LogP contribution >= 0.6 is 0 Å². The number of benzene rings is 2. The van der Waals surface area contributed by atoms with Crippen molar-refractivity contribution >= 4 is 5.91 Å². The van der Waals surface area contributed by atoms with Crippen molar-refractivity contribution in [2.75, 3.05) is 13.2 Å². The summed E-state index contributed by atoms with van der Waals surface area (Å²) in [7, 11) is 0. The van der Waals surface area contributed by atoms with Crippen molar-refractivity contribution in [3.05, 3.63) is 77.6 Å². The zero-order valence-electron chi connectivity index (χ0n) is 15.1. The topological polar surface area (TPSA) is 56.1 Å². The summed E-state index contributed by atoms with van der Waals surface area (Å²) in [5.41, 5.74) is 4.45. The highest BCUT2D eigenvalue weighted by molar-refractivity contribution is 5.77. The number of carbonyl (C=O) groups is 1. The fourth-order valence-corrected chi connectivity index (χ4v) is 2.56. The molecule has 2 aromatic carbocycles. The van der Waals surface area contributed by atoms with Gasteiger partial charge < -0.3 is 10.1 Å². The first-order valence-corrected chi connectivity index (χ1v) is 8.67. The first-order valence-electron chi connectivity index (χ1n) is 8.67. The first kappa shape index (κ1) is 17.7. The van der Waals surface area contributed by atoms with E-state index < -0.39 is 0 Å². The van der Waals surface area contributed by atoms with Crippen LogP contribution in [0.3, 0.4) is 0 Å². The van der Waals surface area contributed by atoms with Gasteiger partial charge >= 0.3 is 0 Å². The molecule has 1 heterocycles. The molecule has 134 valence electrons. The van der Waals surface area contributed by atoms with Crippen LogP contribution in [0.1, 0.15) is 16.7 Å². The average molecular weight is 349 g/mol. The van der Waals surface area contributed by atoms with Gasteiger partial charge in [-0.3, -0.25) is 4.79 Å². The molecule has 0 saturated carbocycles. The third kappa shape index (κ3) is 4.72. The van der Waals surface area contributed by atoms with Crippen LogP contribution < -0.4 is 10.1 Å². The number of hydrogen-bond acceptors (Lipinski definition) is 3. The van der Waals surface area contributed by atoms with Gasteiger partial charge in [-0.2, -0.15) is 5.10 Å². The lowest BCUT2D eigenvalue weighted by atomic mass is 10.1. The third-order valence-electron chi connectivity index (χ3n) is 4.24. The second-order valence-electron chi connectivity index (χ2n) is 6.26. The number of rotatable bonds is 7. The molecule has 1 aromatic heterocycles. The molecule has 0 aliphatic rings. The summed E-state index contributed by atoms with van der Waals surface area (Å²) < 4.78 is 7.37. The standard InChI is InChI=1S/C21H23N3O2/c1-16-8-9-20(12-17(16)2)26-15-21(25)22-11-10-18-13-23-24(14-18)19-6-4-3-5-7-19/h3-9,12-14H,10-11,15H2,1-2H3,(H,22,25). The number of ether oxygens (including phenoxy) is 1. The molecule has 0 bridgehead atoms. The third-order valence-corrected chi connectivity index (χ3v) is 4.24. The van der Waals surface area contributed by atoms with Crippen LogP contribution in [-0.4, -0.2) is 28.8 Å². The fraction of sp³-hybridized carbons (Fsp3) is 0.238. The number of nitrogens with one attached hydrogen (secondary N) is 1. The zero-order valence-corrected chi connectivity index (χ0v) is 15.1. The molecule has 3 rings (SSSR count). The molecule has 0 fully saturated rings. The van der Waals surface area contributed by atoms with E-state index in [4.69, 9.17) is 4.74 Å². The summed E-state index contributed by atoms with van der Waals surface area (Å²) >= 11 is 0. The predicted octanol–water partition coefficient (Wildman–Crippen LogP) is 3.23. The van der Waals surface area contributed by atoms with Gasteiger partial charge in [0.15, 0.2) is 6.61 Å². The molecular weight excluding hydrogens is 326 g/mol. The van der Waals surface area contributed by atoms with E-state index in [1.807, 2.05) is 79.5 Å². The number of amides is 1. The number of aryl methyl sites for hydroxylation is 2. The van der Waals surface area contributed by atoms with E-state index in [0.29, 0.717) is 12.3 Å². The van der Waals surface area contributed by atoms with E-state index >= 15 is 0 Å². The van der Waals surface area contributed by atoms with E-state index in [-0.39, 0.29) is 12.5 Å². The molecule has 0 spiro atoms. The summed E-state index contributed by atoms with van der Waals surface area (Å²) in [5.74, 6) is 0.589. The SMILES string of the molecule is Cc1ccc(OCC(=O)NCCc2cnn(-c3ccccc3)c2)cc1C. The van der Waals surface area contributed by atoms with Gasteiger partial charge in [0, 0.05) is 12.7 Å². The molecule has 0 saturated heterocycles. The Balaban J connectivity index is 1.42. The molecule has 0 aliphatic heterocycles. The molecule has 0 unspecified atom stereocenters. The largest absolute Gasteiger partial charge is 0.484 e. The van der Waals surface area contributed by atoms with Crippen molar-refractivity contribution in [1.82, 2.24) is 15.1 Å². The lowest BCUT2D eigenvalue weighted by Gasteiger charge is -2.08. The summed E-state index contributed by atoms with van der Waals surface area (Å²) in [6, 6.07) is 15.8. The van der Waals surface area contributed by atoms with Crippen LogP contribution in [0.25, 0.3) is 5.69 Å². The maximum absolute atomic E-state index is 11.9. The van der Waals surface area contributed by atoms with Gasteiger partial charge in [0.2, 0.25) is 0 Å². The Bertz CT molecular complexity index is 872. The van der Waals surface area contributed by atoms with Crippen LogP contribution in [0.2, 0.25) is 0 Å². The van der Waals surface area contributed by atoms with E-state index in [0.717, 1.165) is 23.2 Å². The summed E-state index contributed by atoms with van der Waals surface area (Å²) in [4.78, 5) is 11.9. The Kier molecular flexibility index (Phi) is 5.69. The van der Waals surface area contributed by atoms with Gasteiger partial charge in [-0.05, 0) is 61.2 Å². The molecule has 0 radical (unpaired) electrons. The molecule has 5 nitrogen and oxygen atoms in total. The number of carbonyl (C=O) groups excluding carboxylic acids is 1. The highest BCUT2D eigenvalue weighted by atomic mass is 16.5. The zero-order chi connectivity index (χ0) is 18.4. The van der Waals surface area contributed by atoms with Gasteiger partial charge in [-0.15, -0.1) is 0 Å². The maximum Gasteiger partial charge on any atom is 0.257 e. The second kappa shape index (κ2) is 8.34. The minimum atomic E-state index is -0.126. The first-order chi connectivity index (χ1) is 12.6. The van der Waals surface area contributed by atoms with Gasteiger partial charge in [0.1, 0.15) is 5.75 Å². The molecule has 1 amide bonds. The summed E-state index contributed by atoms with van der Waals surface area (Å²) in [6.45, 7) is 4.64. The highest BCUT2D eigenvalue weighted by Crippen LogP contribution is 2.16. The quantitative estimate of drug-likeness (QED) is 0.712. The highest BCUT2D eigenvalue weighted by Gasteiger charge is 2.05. The molecule has 26 heavy (non-hydrogen) atoms. The number of para-hydroxylation sites is 1. The number of nitrogens with zero attached hydrogens (tertiary/aromatic N) is 2. The van der Waals surface area contributed by atoms with Crippen molar-refractivity contribution in [2.45, 2.75) is 20.3 Å². The normalized spacial score (nSPS) is 10.5. The van der Waals surface area contributed by atoms with E-state index in [1.165, 1.54) is 5.56 Å². The van der Waals surface area contributed by atoms with Crippen LogP contribution in [0.5, 0.6) is 5.75 Å². The minimum absolute atomic E-state index is 0.0196. The van der Waals surface area contributed by atoms with Gasteiger partial charge in [-0.1, -0.05) is 24.3 Å². The molecule has 0 aliphatic carbocycles. The summed E-state index contributed by atoms with van der Waals surface area (Å²) in [5, 5.41) is 7.23. The van der Waals surface area contributed by atoms with E-state index in [1.54, 1.807) is 0 Å². The Morgan fingerprint density at radius 1 is 1.12 bits per heavy atom. The lowest BCUT2D eigenvalue weighted by molar-refractivity contribution is -0.123.